The molecule has 1 N–H and O–H groups in total. The monoisotopic (exact) mass is 297 g/mol. The van der Waals surface area contributed by atoms with Gasteiger partial charge >= 0.3 is 0 Å². The van der Waals surface area contributed by atoms with Gasteiger partial charge in [0.2, 0.25) is 5.91 Å². The predicted octanol–water partition coefficient (Wildman–Crippen LogP) is 4.03. The number of anilines is 1. The summed E-state index contributed by atoms with van der Waals surface area (Å²) < 4.78 is 2.00. The van der Waals surface area contributed by atoms with Gasteiger partial charge in [-0.15, -0.1) is 0 Å². The first kappa shape index (κ1) is 14.8. The number of benzene rings is 1. The molecule has 1 aliphatic heterocycles. The van der Waals surface area contributed by atoms with Crippen LogP contribution in [0.4, 0.5) is 5.82 Å². The predicted molar refractivity (Wildman–Crippen MR) is 88.1 cm³/mol. The van der Waals surface area contributed by atoms with Crippen molar-refractivity contribution in [2.75, 3.05) is 5.32 Å². The van der Waals surface area contributed by atoms with Crippen LogP contribution >= 0.6 is 0 Å². The molecule has 1 amide bonds. The van der Waals surface area contributed by atoms with Crippen molar-refractivity contribution in [1.29, 1.82) is 0 Å². The second-order valence-electron chi connectivity index (χ2n) is 6.08. The summed E-state index contributed by atoms with van der Waals surface area (Å²) in [6, 6.07) is 8.75. The summed E-state index contributed by atoms with van der Waals surface area (Å²) in [5.41, 5.74) is 3.55. The van der Waals surface area contributed by atoms with Gasteiger partial charge in [-0.3, -0.25) is 4.79 Å². The zero-order valence-electron chi connectivity index (χ0n) is 13.5. The van der Waals surface area contributed by atoms with E-state index in [0.29, 0.717) is 12.5 Å². The number of hydrogen-bond acceptors (Lipinski definition) is 2. The molecule has 3 rings (SSSR count). The zero-order chi connectivity index (χ0) is 15.7. The third-order valence-electron chi connectivity index (χ3n) is 4.58. The number of nitrogens with one attached hydrogen (secondary N) is 1. The Morgan fingerprint density at radius 2 is 2.14 bits per heavy atom. The summed E-state index contributed by atoms with van der Waals surface area (Å²) in [5.74, 6) is 1.06. The second-order valence-corrected chi connectivity index (χ2v) is 6.08. The first-order valence-corrected chi connectivity index (χ1v) is 8.07. The molecule has 0 bridgehead atoms. The Morgan fingerprint density at radius 3 is 2.82 bits per heavy atom. The molecule has 1 unspecified atom stereocenters. The van der Waals surface area contributed by atoms with E-state index in [1.165, 1.54) is 11.1 Å². The molecule has 0 aliphatic carbocycles. The molecule has 22 heavy (non-hydrogen) atoms. The van der Waals surface area contributed by atoms with Crippen LogP contribution in [0.15, 0.2) is 30.5 Å². The Kier molecular flexibility index (Phi) is 4.01. The number of fused-ring (bicyclic) bond motifs is 1. The van der Waals surface area contributed by atoms with Crippen molar-refractivity contribution in [2.24, 2.45) is 0 Å². The van der Waals surface area contributed by atoms with Crippen LogP contribution < -0.4 is 5.32 Å². The molecule has 2 aromatic rings. The molecule has 0 saturated carbocycles. The molecular formula is C18H23N3O. The molecule has 2 heterocycles. The Labute approximate surface area is 131 Å². The lowest BCUT2D eigenvalue weighted by molar-refractivity contribution is -0.116. The molecule has 4 nitrogen and oxygen atoms in total. The number of hydrogen-bond donors (Lipinski definition) is 1. The normalized spacial score (nSPS) is 17.5. The molecule has 0 spiro atoms. The van der Waals surface area contributed by atoms with E-state index in [9.17, 15) is 4.79 Å². The average molecular weight is 297 g/mol. The minimum atomic E-state index is 0.0757. The van der Waals surface area contributed by atoms with Crippen molar-refractivity contribution in [3.8, 4) is 0 Å². The van der Waals surface area contributed by atoms with Crippen LogP contribution in [-0.4, -0.2) is 15.7 Å². The second kappa shape index (κ2) is 5.95. The van der Waals surface area contributed by atoms with E-state index in [1.807, 2.05) is 10.9 Å². The van der Waals surface area contributed by atoms with E-state index < -0.39 is 0 Å². The van der Waals surface area contributed by atoms with E-state index in [-0.39, 0.29) is 11.8 Å². The average Bonchev–Trinajstić information content (AvgIpc) is 2.92. The van der Waals surface area contributed by atoms with E-state index >= 15 is 0 Å². The molecule has 0 fully saturated rings. The fourth-order valence-electron chi connectivity index (χ4n) is 3.33. The lowest BCUT2D eigenvalue weighted by atomic mass is 9.87. The number of carbonyl (C=O) groups is 1. The zero-order valence-corrected chi connectivity index (χ0v) is 13.5. The fraction of sp³-hybridized carbons (Fsp3) is 0.444. The van der Waals surface area contributed by atoms with Crippen LogP contribution in [0, 0.1) is 6.92 Å². The summed E-state index contributed by atoms with van der Waals surface area (Å²) in [5, 5.41) is 7.61. The summed E-state index contributed by atoms with van der Waals surface area (Å²) in [4.78, 5) is 12.2. The number of aryl methyl sites for hydroxylation is 1. The number of carbonyl (C=O) groups excluding carboxylic acids is 1. The van der Waals surface area contributed by atoms with Gasteiger partial charge in [-0.05, 0) is 25.3 Å². The maximum atomic E-state index is 12.2. The first-order chi connectivity index (χ1) is 10.6. The van der Waals surface area contributed by atoms with Crippen LogP contribution in [0.5, 0.6) is 0 Å². The van der Waals surface area contributed by atoms with Crippen molar-refractivity contribution in [3.63, 3.8) is 0 Å². The number of aromatic nitrogens is 2. The highest BCUT2D eigenvalue weighted by molar-refractivity contribution is 5.94. The van der Waals surface area contributed by atoms with Gasteiger partial charge in [0.05, 0.1) is 12.2 Å². The van der Waals surface area contributed by atoms with Crippen LogP contribution in [0.1, 0.15) is 61.8 Å². The molecule has 1 aromatic heterocycles. The van der Waals surface area contributed by atoms with Crippen molar-refractivity contribution < 1.29 is 4.79 Å². The quantitative estimate of drug-likeness (QED) is 0.926. The van der Waals surface area contributed by atoms with Gasteiger partial charge in [0.1, 0.15) is 5.82 Å². The smallest absolute Gasteiger partial charge is 0.226 e. The minimum Gasteiger partial charge on any atom is -0.311 e. The molecule has 4 heteroatoms. The lowest BCUT2D eigenvalue weighted by Crippen LogP contribution is -2.26. The lowest BCUT2D eigenvalue weighted by Gasteiger charge is -2.26. The molecule has 1 aromatic carbocycles. The van der Waals surface area contributed by atoms with Crippen LogP contribution in [0.3, 0.4) is 0 Å². The van der Waals surface area contributed by atoms with Gasteiger partial charge in [0.25, 0.3) is 0 Å². The maximum Gasteiger partial charge on any atom is 0.226 e. The van der Waals surface area contributed by atoms with E-state index in [2.05, 4.69) is 55.5 Å². The Morgan fingerprint density at radius 1 is 1.36 bits per heavy atom. The number of amides is 1. The number of nitrogens with zero attached hydrogens (tertiary/aromatic N) is 2. The summed E-state index contributed by atoms with van der Waals surface area (Å²) in [6.07, 6.45) is 4.44. The van der Waals surface area contributed by atoms with Crippen molar-refractivity contribution in [2.45, 2.75) is 52.0 Å². The molecule has 116 valence electrons. The highest BCUT2D eigenvalue weighted by Crippen LogP contribution is 2.38. The largest absolute Gasteiger partial charge is 0.311 e. The van der Waals surface area contributed by atoms with E-state index in [0.717, 1.165) is 24.2 Å². The molecule has 0 radical (unpaired) electrons. The van der Waals surface area contributed by atoms with Crippen LogP contribution in [0.25, 0.3) is 0 Å². The Balaban J connectivity index is 2.05. The fourth-order valence-corrected chi connectivity index (χ4v) is 3.33. The summed E-state index contributed by atoms with van der Waals surface area (Å²) in [6.45, 7) is 6.40. The molecule has 1 aliphatic rings. The van der Waals surface area contributed by atoms with Crippen LogP contribution in [-0.2, 0) is 4.79 Å². The van der Waals surface area contributed by atoms with Gasteiger partial charge in [-0.1, -0.05) is 43.7 Å². The van der Waals surface area contributed by atoms with Gasteiger partial charge < -0.3 is 5.32 Å². The van der Waals surface area contributed by atoms with E-state index in [4.69, 9.17) is 0 Å². The summed E-state index contributed by atoms with van der Waals surface area (Å²) >= 11 is 0. The maximum absolute atomic E-state index is 12.2. The topological polar surface area (TPSA) is 46.9 Å². The van der Waals surface area contributed by atoms with Crippen molar-refractivity contribution in [1.82, 2.24) is 9.78 Å². The molecular weight excluding hydrogens is 274 g/mol. The molecule has 1 atom stereocenters. The number of rotatable bonds is 4. The first-order valence-electron chi connectivity index (χ1n) is 8.07. The standard InChI is InChI=1S/C18H23N3O/c1-4-14(5-2)21-18-16(11-19-21)15(10-17(22)20-18)13-8-6-7-12(3)9-13/h6-9,11,14-15H,4-5,10H2,1-3H3,(H,20,22). The highest BCUT2D eigenvalue weighted by atomic mass is 16.1. The van der Waals surface area contributed by atoms with Gasteiger partial charge in [-0.2, -0.15) is 5.10 Å². The van der Waals surface area contributed by atoms with Gasteiger partial charge in [0, 0.05) is 17.9 Å². The van der Waals surface area contributed by atoms with Crippen molar-refractivity contribution >= 4 is 11.7 Å². The Bertz CT molecular complexity index is 685. The summed E-state index contributed by atoms with van der Waals surface area (Å²) in [7, 11) is 0. The Hall–Kier alpha value is -2.10. The highest BCUT2D eigenvalue weighted by Gasteiger charge is 2.31. The van der Waals surface area contributed by atoms with Crippen LogP contribution in [0.2, 0.25) is 0 Å². The third-order valence-corrected chi connectivity index (χ3v) is 4.58. The molecule has 0 saturated heterocycles. The van der Waals surface area contributed by atoms with Crippen molar-refractivity contribution in [3.05, 3.63) is 47.2 Å². The minimum absolute atomic E-state index is 0.0757. The van der Waals surface area contributed by atoms with E-state index in [1.54, 1.807) is 0 Å². The van der Waals surface area contributed by atoms with Gasteiger partial charge in [0.15, 0.2) is 0 Å². The van der Waals surface area contributed by atoms with Gasteiger partial charge in [-0.25, -0.2) is 4.68 Å². The SMILES string of the molecule is CCC(CC)n1ncc2c1NC(=O)CC2c1cccc(C)c1. The third kappa shape index (κ3) is 2.54.